The molecule has 174 valence electrons. The number of fused-ring (bicyclic) bond motifs is 3. The molecule has 0 spiro atoms. The van der Waals surface area contributed by atoms with Crippen molar-refractivity contribution in [2.24, 2.45) is 0 Å². The number of allylic oxidation sites excluding steroid dienone is 5. The minimum Gasteiger partial charge on any atom is -1.00 e. The second kappa shape index (κ2) is 22.0. The standard InChI is InChI=1S/C14H11.C6H5.C5H5.C4H7.CH4.2ClH.Zr/c1-10-5-4-7-12-9-11-6-2-3-8-13(11)14(10)12;1-2-4-6-5-3-1;1-2-4-5-3-1;1-3-4-2;;;;/h2-9H,1H3;1-5H;1-3H,4H2;3H,1-2,4H2;1H4;2*1H;/q4*-1;;;;+2/p-2. The van der Waals surface area contributed by atoms with E-state index in [0.717, 1.165) is 12.8 Å². The number of rotatable bonds is 1. The molecule has 0 aromatic heterocycles. The summed E-state index contributed by atoms with van der Waals surface area (Å²) in [6.07, 6.45) is 12.6. The quantitative estimate of drug-likeness (QED) is 0.251. The number of aryl methyl sites for hydroxylation is 1. The van der Waals surface area contributed by atoms with Gasteiger partial charge in [0.1, 0.15) is 0 Å². The summed E-state index contributed by atoms with van der Waals surface area (Å²) in [5, 5.41) is 5.48. The van der Waals surface area contributed by atoms with Gasteiger partial charge in [0.15, 0.2) is 0 Å². The molecule has 5 rings (SSSR count). The summed E-state index contributed by atoms with van der Waals surface area (Å²) >= 11 is 0. The van der Waals surface area contributed by atoms with Crippen molar-refractivity contribution >= 4 is 21.5 Å². The van der Waals surface area contributed by atoms with Crippen LogP contribution in [-0.2, 0) is 26.2 Å². The predicted octanol–water partition coefficient (Wildman–Crippen LogP) is 2.85. The first-order valence-electron chi connectivity index (χ1n) is 9.84. The molecule has 0 saturated carbocycles. The van der Waals surface area contributed by atoms with Crippen molar-refractivity contribution in [1.82, 2.24) is 0 Å². The fraction of sp³-hybridized carbons (Fsp3) is 0.133. The van der Waals surface area contributed by atoms with Crippen molar-refractivity contribution in [3.05, 3.63) is 134 Å². The van der Waals surface area contributed by atoms with Crippen molar-refractivity contribution in [1.29, 1.82) is 0 Å². The third-order valence-electron chi connectivity index (χ3n) is 4.24. The summed E-state index contributed by atoms with van der Waals surface area (Å²) in [6, 6.07) is 29.8. The normalized spacial score (nSPS) is 9.64. The molecule has 4 aromatic rings. The molecule has 0 fully saturated rings. The molecule has 0 radical (unpaired) electrons. The van der Waals surface area contributed by atoms with Gasteiger partial charge in [0.2, 0.25) is 0 Å². The Bertz CT molecular complexity index is 1010. The first-order chi connectivity index (χ1) is 14.3. The number of hydrogen-bond donors (Lipinski definition) is 0. The van der Waals surface area contributed by atoms with E-state index >= 15 is 0 Å². The zero-order chi connectivity index (χ0) is 20.7. The smallest absolute Gasteiger partial charge is 1.00 e. The van der Waals surface area contributed by atoms with E-state index in [0.29, 0.717) is 0 Å². The minimum absolute atomic E-state index is 0. The topological polar surface area (TPSA) is 0 Å². The van der Waals surface area contributed by atoms with Gasteiger partial charge in [-0.2, -0.15) is 48.9 Å². The molecule has 0 N–H and O–H groups in total. The molecule has 4 aromatic carbocycles. The maximum atomic E-state index is 3.49. The number of halogens is 2. The second-order valence-corrected chi connectivity index (χ2v) is 6.43. The summed E-state index contributed by atoms with van der Waals surface area (Å²) in [6.45, 7) is 9.08. The van der Waals surface area contributed by atoms with Gasteiger partial charge in [0.25, 0.3) is 0 Å². The molecule has 1 aliphatic carbocycles. The van der Waals surface area contributed by atoms with Crippen LogP contribution in [0.1, 0.15) is 25.8 Å². The second-order valence-electron chi connectivity index (χ2n) is 6.43. The molecule has 0 bridgehead atoms. The van der Waals surface area contributed by atoms with E-state index in [1.807, 2.05) is 42.5 Å². The summed E-state index contributed by atoms with van der Waals surface area (Å²) < 4.78 is 0. The van der Waals surface area contributed by atoms with Gasteiger partial charge in [-0.1, -0.05) is 43.3 Å². The minimum atomic E-state index is 0. The Morgan fingerprint density at radius 3 is 2.06 bits per heavy atom. The van der Waals surface area contributed by atoms with Crippen LogP contribution in [0.25, 0.3) is 21.5 Å². The van der Waals surface area contributed by atoms with Crippen LogP contribution in [0, 0.1) is 26.0 Å². The van der Waals surface area contributed by atoms with Crippen molar-refractivity contribution in [3.63, 3.8) is 0 Å². The van der Waals surface area contributed by atoms with Crippen LogP contribution < -0.4 is 24.8 Å². The van der Waals surface area contributed by atoms with Crippen molar-refractivity contribution in [3.8, 4) is 0 Å². The molecule has 0 atom stereocenters. The van der Waals surface area contributed by atoms with Gasteiger partial charge in [-0.3, -0.25) is 6.08 Å². The first-order valence-corrected chi connectivity index (χ1v) is 9.84. The molecular formula is C30H32Cl2Zr-4. The van der Waals surface area contributed by atoms with E-state index in [9.17, 15) is 0 Å². The average molecular weight is 555 g/mol. The fourth-order valence-corrected chi connectivity index (χ4v) is 2.88. The Kier molecular flexibility index (Phi) is 23.9. The summed E-state index contributed by atoms with van der Waals surface area (Å²) in [5.41, 5.74) is 1.36. The Morgan fingerprint density at radius 2 is 1.61 bits per heavy atom. The first kappa shape index (κ1) is 35.8. The molecule has 0 aliphatic heterocycles. The van der Waals surface area contributed by atoms with Crippen LogP contribution in [-0.4, -0.2) is 0 Å². The maximum absolute atomic E-state index is 3.49. The molecule has 0 saturated heterocycles. The molecule has 3 heteroatoms. The third kappa shape index (κ3) is 12.9. The summed E-state index contributed by atoms with van der Waals surface area (Å²) in [7, 11) is 0. The van der Waals surface area contributed by atoms with E-state index in [4.69, 9.17) is 0 Å². The van der Waals surface area contributed by atoms with Gasteiger partial charge in [-0.15, -0.1) is 58.8 Å². The maximum Gasteiger partial charge on any atom is 2.00 e. The molecule has 33 heavy (non-hydrogen) atoms. The van der Waals surface area contributed by atoms with Crippen LogP contribution in [0.3, 0.4) is 0 Å². The van der Waals surface area contributed by atoms with E-state index < -0.39 is 0 Å². The van der Waals surface area contributed by atoms with Gasteiger partial charge in [0, 0.05) is 0 Å². The van der Waals surface area contributed by atoms with Gasteiger partial charge in [0.05, 0.1) is 0 Å². The van der Waals surface area contributed by atoms with E-state index in [-0.39, 0.29) is 58.4 Å². The van der Waals surface area contributed by atoms with Crippen molar-refractivity contribution < 1.29 is 51.0 Å². The van der Waals surface area contributed by atoms with Crippen LogP contribution in [0.15, 0.2) is 110 Å². The fourth-order valence-electron chi connectivity index (χ4n) is 2.88. The molecule has 0 nitrogen and oxygen atoms in total. The molecule has 0 amide bonds. The monoisotopic (exact) mass is 552 g/mol. The Balaban J connectivity index is -0.000000404. The predicted molar refractivity (Wildman–Crippen MR) is 136 cm³/mol. The van der Waals surface area contributed by atoms with Crippen molar-refractivity contribution in [2.45, 2.75) is 27.2 Å². The van der Waals surface area contributed by atoms with Crippen LogP contribution in [0.5, 0.6) is 0 Å². The zero-order valence-electron chi connectivity index (χ0n) is 18.4. The van der Waals surface area contributed by atoms with Crippen LogP contribution >= 0.6 is 0 Å². The van der Waals surface area contributed by atoms with E-state index in [1.54, 1.807) is 6.08 Å². The van der Waals surface area contributed by atoms with Gasteiger partial charge < -0.3 is 31.7 Å². The van der Waals surface area contributed by atoms with E-state index in [2.05, 4.69) is 87.2 Å². The number of hydrogen-bond acceptors (Lipinski definition) is 0. The molecule has 0 heterocycles. The van der Waals surface area contributed by atoms with Gasteiger partial charge in [-0.05, 0) is 6.92 Å². The Morgan fingerprint density at radius 1 is 0.970 bits per heavy atom. The van der Waals surface area contributed by atoms with Gasteiger partial charge >= 0.3 is 26.2 Å². The largest absolute Gasteiger partial charge is 2.00 e. The third-order valence-corrected chi connectivity index (χ3v) is 4.24. The molecule has 1 aliphatic rings. The number of benzene rings is 3. The van der Waals surface area contributed by atoms with Gasteiger partial charge in [-0.25, -0.2) is 12.2 Å². The zero-order valence-corrected chi connectivity index (χ0v) is 22.4. The SMILES string of the molecule is C.C=CC[CH2-].Cc1cccc2[cH-]c3ccccc3c12.[C-]1=CC=CC1.[Cl-].[Cl-].[Zr+2].[c-]1ccccc1. The average Bonchev–Trinajstić information content (AvgIpc) is 3.47. The van der Waals surface area contributed by atoms with Crippen LogP contribution in [0.2, 0.25) is 0 Å². The van der Waals surface area contributed by atoms with E-state index in [1.165, 1.54) is 27.1 Å². The summed E-state index contributed by atoms with van der Waals surface area (Å²) in [4.78, 5) is 0. The van der Waals surface area contributed by atoms with Crippen molar-refractivity contribution in [2.75, 3.05) is 0 Å². The Labute approximate surface area is 232 Å². The molecule has 0 unspecified atom stereocenters. The Hall–Kier alpha value is -1.79. The molecular weight excluding hydrogens is 522 g/mol. The van der Waals surface area contributed by atoms with Crippen LogP contribution in [0.4, 0.5) is 0 Å². The summed E-state index contributed by atoms with van der Waals surface area (Å²) in [5.74, 6) is 0.